The minimum atomic E-state index is 0.498. The van der Waals surface area contributed by atoms with E-state index in [1.807, 2.05) is 23.6 Å². The lowest BCUT2D eigenvalue weighted by Crippen LogP contribution is -2.16. The van der Waals surface area contributed by atoms with Crippen molar-refractivity contribution in [3.8, 4) is 0 Å². The summed E-state index contributed by atoms with van der Waals surface area (Å²) >= 11 is 0. The minimum Gasteiger partial charge on any atom is -0.333 e. The highest BCUT2D eigenvalue weighted by atomic mass is 15.0. The standard InChI is InChI=1S/C10H13N3/c1-4-13-8-12-10(3)11-7-5-6-9(13)2/h5-8H,2-4H2,1H3. The average molecular weight is 175 g/mol. The lowest BCUT2D eigenvalue weighted by molar-refractivity contribution is 0.717. The van der Waals surface area contributed by atoms with E-state index in [1.54, 1.807) is 12.5 Å². The van der Waals surface area contributed by atoms with Crippen LogP contribution in [0.1, 0.15) is 6.92 Å². The van der Waals surface area contributed by atoms with Crippen molar-refractivity contribution >= 4 is 13.2 Å². The van der Waals surface area contributed by atoms with Crippen LogP contribution in [0, 0.1) is 0 Å². The van der Waals surface area contributed by atoms with E-state index in [9.17, 15) is 0 Å². The summed E-state index contributed by atoms with van der Waals surface area (Å²) in [6.07, 6.45) is 3.35. The number of aromatic nitrogens is 3. The summed E-state index contributed by atoms with van der Waals surface area (Å²) in [6, 6.07) is 3.71. The van der Waals surface area contributed by atoms with Crippen molar-refractivity contribution in [3.05, 3.63) is 35.5 Å². The predicted molar refractivity (Wildman–Crippen MR) is 53.6 cm³/mol. The highest BCUT2D eigenvalue weighted by Gasteiger charge is 1.79. The van der Waals surface area contributed by atoms with Crippen molar-refractivity contribution in [2.45, 2.75) is 13.5 Å². The van der Waals surface area contributed by atoms with Gasteiger partial charge < -0.3 is 4.57 Å². The molecule has 0 aliphatic rings. The summed E-state index contributed by atoms with van der Waals surface area (Å²) in [5.41, 5.74) is 0.498. The largest absolute Gasteiger partial charge is 0.333 e. The number of rotatable bonds is 1. The Morgan fingerprint density at radius 2 is 2.15 bits per heavy atom. The molecular formula is C10H13N3. The molecule has 0 aliphatic heterocycles. The van der Waals surface area contributed by atoms with Crippen LogP contribution in [-0.2, 0) is 6.54 Å². The Balaban J connectivity index is 3.51. The molecule has 1 aromatic rings. The molecule has 0 aromatic carbocycles. The first-order chi connectivity index (χ1) is 6.24. The molecule has 68 valence electrons. The number of aryl methyl sites for hydroxylation is 1. The summed E-state index contributed by atoms with van der Waals surface area (Å²) in [5, 5.41) is 0.896. The molecule has 0 amide bonds. The molecule has 1 aromatic heterocycles. The van der Waals surface area contributed by atoms with Crippen LogP contribution in [0.25, 0.3) is 13.2 Å². The van der Waals surface area contributed by atoms with Gasteiger partial charge in [0.25, 0.3) is 0 Å². The summed E-state index contributed by atoms with van der Waals surface area (Å²) in [6.45, 7) is 10.4. The number of hydrogen-bond donors (Lipinski definition) is 0. The van der Waals surface area contributed by atoms with Gasteiger partial charge in [-0.05, 0) is 19.1 Å². The van der Waals surface area contributed by atoms with Crippen molar-refractivity contribution in [2.24, 2.45) is 0 Å². The molecule has 0 atom stereocenters. The Morgan fingerprint density at radius 3 is 2.85 bits per heavy atom. The van der Waals surface area contributed by atoms with Crippen LogP contribution in [-0.4, -0.2) is 14.5 Å². The Kier molecular flexibility index (Phi) is 3.20. The summed E-state index contributed by atoms with van der Waals surface area (Å²) in [5.74, 6) is 0. The maximum absolute atomic E-state index is 4.05. The van der Waals surface area contributed by atoms with Crippen LogP contribution in [0.15, 0.2) is 24.7 Å². The molecule has 0 bridgehead atoms. The Bertz CT molecular complexity index is 418. The molecule has 0 unspecified atom stereocenters. The third-order valence-corrected chi connectivity index (χ3v) is 1.65. The topological polar surface area (TPSA) is 30.7 Å². The maximum Gasteiger partial charge on any atom is 0.146 e. The molecule has 0 saturated carbocycles. The quantitative estimate of drug-likeness (QED) is 0.612. The van der Waals surface area contributed by atoms with Crippen molar-refractivity contribution < 1.29 is 0 Å². The second kappa shape index (κ2) is 4.40. The van der Waals surface area contributed by atoms with E-state index >= 15 is 0 Å². The molecular weight excluding hydrogens is 162 g/mol. The minimum absolute atomic E-state index is 0.498. The van der Waals surface area contributed by atoms with Gasteiger partial charge in [-0.1, -0.05) is 13.2 Å². The van der Waals surface area contributed by atoms with E-state index in [2.05, 4.69) is 23.1 Å². The highest BCUT2D eigenvalue weighted by Crippen LogP contribution is 1.70. The molecule has 0 saturated heterocycles. The first kappa shape index (κ1) is 9.45. The van der Waals surface area contributed by atoms with Crippen LogP contribution in [0.2, 0.25) is 0 Å². The third kappa shape index (κ3) is 2.71. The van der Waals surface area contributed by atoms with Crippen LogP contribution in [0.5, 0.6) is 0 Å². The zero-order valence-electron chi connectivity index (χ0n) is 7.77. The van der Waals surface area contributed by atoms with Gasteiger partial charge in [-0.3, -0.25) is 0 Å². The van der Waals surface area contributed by atoms with Gasteiger partial charge in [0.15, 0.2) is 0 Å². The number of nitrogens with zero attached hydrogens (tertiary/aromatic N) is 3. The highest BCUT2D eigenvalue weighted by molar-refractivity contribution is 4.97. The monoisotopic (exact) mass is 175 g/mol. The smallest absolute Gasteiger partial charge is 0.146 e. The van der Waals surface area contributed by atoms with E-state index < -0.39 is 0 Å². The summed E-state index contributed by atoms with van der Waals surface area (Å²) < 4.78 is 1.93. The van der Waals surface area contributed by atoms with Crippen molar-refractivity contribution in [1.82, 2.24) is 14.5 Å². The van der Waals surface area contributed by atoms with Crippen LogP contribution < -0.4 is 10.8 Å². The molecule has 3 heteroatoms. The SMILES string of the molecule is C=c1ncccc(=C)n(CC)cn1. The van der Waals surface area contributed by atoms with Crippen LogP contribution in [0.3, 0.4) is 0 Å². The molecule has 0 N–H and O–H groups in total. The molecule has 3 nitrogen and oxygen atoms in total. The fourth-order valence-electron chi connectivity index (χ4n) is 0.907. The van der Waals surface area contributed by atoms with E-state index in [0.29, 0.717) is 5.48 Å². The predicted octanol–water partition coefficient (Wildman–Crippen LogP) is 0.243. The molecule has 0 radical (unpaired) electrons. The fraction of sp³-hybridized carbons (Fsp3) is 0.200. The normalized spacial score (nSPS) is 9.31. The van der Waals surface area contributed by atoms with Gasteiger partial charge in [0.2, 0.25) is 0 Å². The second-order valence-electron chi connectivity index (χ2n) is 2.58. The van der Waals surface area contributed by atoms with Gasteiger partial charge in [-0.15, -0.1) is 0 Å². The molecule has 0 fully saturated rings. The van der Waals surface area contributed by atoms with E-state index in [0.717, 1.165) is 11.9 Å². The third-order valence-electron chi connectivity index (χ3n) is 1.65. The lowest BCUT2D eigenvalue weighted by Gasteiger charge is -1.96. The summed E-state index contributed by atoms with van der Waals surface area (Å²) in [4.78, 5) is 8.03. The van der Waals surface area contributed by atoms with Gasteiger partial charge in [0, 0.05) is 18.1 Å². The molecule has 0 spiro atoms. The van der Waals surface area contributed by atoms with Crippen LogP contribution in [0.4, 0.5) is 0 Å². The molecule has 1 heterocycles. The molecule has 1 rings (SSSR count). The second-order valence-corrected chi connectivity index (χ2v) is 2.58. The van der Waals surface area contributed by atoms with Gasteiger partial charge in [0.1, 0.15) is 5.48 Å². The number of hydrogen-bond acceptors (Lipinski definition) is 2. The molecule has 0 aliphatic carbocycles. The van der Waals surface area contributed by atoms with Gasteiger partial charge in [0.05, 0.1) is 6.33 Å². The lowest BCUT2D eigenvalue weighted by atomic mass is 10.5. The van der Waals surface area contributed by atoms with Crippen LogP contribution >= 0.6 is 0 Å². The zero-order valence-corrected chi connectivity index (χ0v) is 7.77. The maximum atomic E-state index is 4.05. The first-order valence-electron chi connectivity index (χ1n) is 4.13. The van der Waals surface area contributed by atoms with Crippen molar-refractivity contribution in [3.63, 3.8) is 0 Å². The first-order valence-corrected chi connectivity index (χ1v) is 4.13. The Labute approximate surface area is 77.4 Å². The zero-order chi connectivity index (χ0) is 9.68. The van der Waals surface area contributed by atoms with Crippen molar-refractivity contribution in [2.75, 3.05) is 0 Å². The van der Waals surface area contributed by atoms with Crippen molar-refractivity contribution in [1.29, 1.82) is 0 Å². The Morgan fingerprint density at radius 1 is 1.38 bits per heavy atom. The van der Waals surface area contributed by atoms with Gasteiger partial charge in [-0.2, -0.15) is 0 Å². The van der Waals surface area contributed by atoms with E-state index in [4.69, 9.17) is 0 Å². The molecule has 13 heavy (non-hydrogen) atoms. The van der Waals surface area contributed by atoms with Gasteiger partial charge in [-0.25, -0.2) is 9.97 Å². The van der Waals surface area contributed by atoms with E-state index in [1.165, 1.54) is 0 Å². The van der Waals surface area contributed by atoms with Gasteiger partial charge >= 0.3 is 0 Å². The average Bonchev–Trinajstić information content (AvgIpc) is 2.19. The Hall–Kier alpha value is -1.64. The fourth-order valence-corrected chi connectivity index (χ4v) is 0.907. The van der Waals surface area contributed by atoms with E-state index in [-0.39, 0.29) is 0 Å². The summed E-state index contributed by atoms with van der Waals surface area (Å²) in [7, 11) is 0.